The van der Waals surface area contributed by atoms with E-state index < -0.39 is 55.6 Å². The van der Waals surface area contributed by atoms with Gasteiger partial charge in [-0.05, 0) is 73.5 Å². The SMILES string of the molecule is CC(=O)OC(C)=O.CCS(=O)(=O)N(Cc1ccc(C(=O)OC)cc1F)c1ccc(CN2CCN(C(C)=O)CC2)cc1.CCS(=O)(=O)N(Cc1ccc(C(=O)OC)cc1F)c1ccc(CN2CCNCC2)cc1.Cl. The van der Waals surface area contributed by atoms with Gasteiger partial charge in [-0.15, -0.1) is 12.4 Å². The highest BCUT2D eigenvalue weighted by Crippen LogP contribution is 2.26. The summed E-state index contributed by atoms with van der Waals surface area (Å²) < 4.78 is 96.0. The van der Waals surface area contributed by atoms with Gasteiger partial charge in [-0.2, -0.15) is 0 Å². The minimum absolute atomic E-state index is 0. The number of carbonyl (C=O) groups is 5. The first-order valence-electron chi connectivity index (χ1n) is 23.1. The normalized spacial score (nSPS) is 13.9. The van der Waals surface area contributed by atoms with E-state index in [2.05, 4.69) is 29.3 Å². The average molecular weight is 1080 g/mol. The molecular weight excluding hydrogens is 1010 g/mol. The van der Waals surface area contributed by atoms with Gasteiger partial charge in [0.15, 0.2) is 0 Å². The number of rotatable bonds is 16. The van der Waals surface area contributed by atoms with Gasteiger partial charge in [0.05, 0.1) is 61.3 Å². The molecule has 4 aromatic rings. The van der Waals surface area contributed by atoms with E-state index >= 15 is 0 Å². The highest BCUT2D eigenvalue weighted by Gasteiger charge is 2.26. The number of esters is 4. The van der Waals surface area contributed by atoms with Crippen LogP contribution < -0.4 is 13.9 Å². The lowest BCUT2D eigenvalue weighted by atomic mass is 10.1. The highest BCUT2D eigenvalue weighted by molar-refractivity contribution is 7.93. The van der Waals surface area contributed by atoms with Gasteiger partial charge in [-0.1, -0.05) is 36.4 Å². The molecule has 0 atom stereocenters. The molecule has 0 aliphatic carbocycles. The van der Waals surface area contributed by atoms with Crippen molar-refractivity contribution in [2.75, 3.05) is 86.7 Å². The minimum Gasteiger partial charge on any atom is -0.465 e. The van der Waals surface area contributed by atoms with E-state index in [-0.39, 0.29) is 65.2 Å². The summed E-state index contributed by atoms with van der Waals surface area (Å²) in [6.07, 6.45) is 0. The molecule has 6 rings (SSSR count). The van der Waals surface area contributed by atoms with Gasteiger partial charge in [0.1, 0.15) is 11.6 Å². The van der Waals surface area contributed by atoms with Crippen LogP contribution >= 0.6 is 12.4 Å². The summed E-state index contributed by atoms with van der Waals surface area (Å²) in [7, 11) is -4.90. The number of methoxy groups -OCH3 is 2. The van der Waals surface area contributed by atoms with Crippen molar-refractivity contribution in [1.82, 2.24) is 20.0 Å². The standard InChI is InChI=1S/C24H30FN3O5S.C22H28FN3O4S.C4H6O3.ClH/c1-4-34(31,32)28(17-21-8-7-20(15-23(21)25)24(30)33-3)22-9-5-19(6-10-22)16-26-11-13-27(14-12-26)18(2)29;1-3-31(28,29)26(16-19-7-6-18(14-21(19)23)22(27)30-2)20-8-4-17(5-9-20)15-25-12-10-24-11-13-25;1-3(5)7-4(2)6;/h5-10,15H,4,11-14,16-17H2,1-3H3;4-9,14,24H,3,10-13,15-16H2,1-2H3;1-2H3;1H. The first kappa shape index (κ1) is 61.3. The summed E-state index contributed by atoms with van der Waals surface area (Å²) in [6, 6.07) is 22.3. The van der Waals surface area contributed by atoms with Crippen molar-refractivity contribution in [1.29, 1.82) is 0 Å². The molecule has 2 aliphatic heterocycles. The third-order valence-corrected chi connectivity index (χ3v) is 15.0. The van der Waals surface area contributed by atoms with Crippen LogP contribution in [0.1, 0.15) is 77.6 Å². The van der Waals surface area contributed by atoms with Crippen molar-refractivity contribution in [3.8, 4) is 0 Å². The number of carbonyl (C=O) groups excluding carboxylic acids is 5. The number of nitrogens with one attached hydrogen (secondary N) is 1. The molecule has 2 fully saturated rings. The Morgan fingerprint density at radius 1 is 0.575 bits per heavy atom. The Morgan fingerprint density at radius 2 is 0.945 bits per heavy atom. The second-order valence-electron chi connectivity index (χ2n) is 16.6. The predicted molar refractivity (Wildman–Crippen MR) is 275 cm³/mol. The first-order valence-corrected chi connectivity index (χ1v) is 26.3. The number of piperazine rings is 2. The molecular formula is C50H65ClF2N6O12S2. The van der Waals surface area contributed by atoms with Gasteiger partial charge < -0.3 is 24.4 Å². The second kappa shape index (κ2) is 29.0. The fourth-order valence-corrected chi connectivity index (χ4v) is 9.69. The van der Waals surface area contributed by atoms with Crippen LogP contribution in [0.3, 0.4) is 0 Å². The van der Waals surface area contributed by atoms with Crippen molar-refractivity contribution in [3.05, 3.63) is 130 Å². The Kier molecular flexibility index (Phi) is 24.3. The Balaban J connectivity index is 0.000000337. The molecule has 18 nitrogen and oxygen atoms in total. The van der Waals surface area contributed by atoms with Crippen molar-refractivity contribution >= 4 is 73.6 Å². The van der Waals surface area contributed by atoms with Crippen LogP contribution in [0.25, 0.3) is 0 Å². The molecule has 0 unspecified atom stereocenters. The molecule has 0 saturated carbocycles. The largest absolute Gasteiger partial charge is 0.465 e. The van der Waals surface area contributed by atoms with Gasteiger partial charge in [-0.25, -0.2) is 35.2 Å². The third kappa shape index (κ3) is 18.8. The molecule has 1 N–H and O–H groups in total. The van der Waals surface area contributed by atoms with Crippen LogP contribution in [-0.4, -0.2) is 139 Å². The number of hydrogen-bond acceptors (Lipinski definition) is 15. The van der Waals surface area contributed by atoms with Crippen molar-refractivity contribution < 1.29 is 63.8 Å². The molecule has 0 aromatic heterocycles. The van der Waals surface area contributed by atoms with E-state index in [0.717, 1.165) is 69.1 Å². The van der Waals surface area contributed by atoms with Crippen LogP contribution in [-0.2, 0) is 74.8 Å². The zero-order chi connectivity index (χ0) is 53.2. The summed E-state index contributed by atoms with van der Waals surface area (Å²) in [6.45, 7) is 14.9. The van der Waals surface area contributed by atoms with Crippen LogP contribution in [0.15, 0.2) is 84.9 Å². The minimum atomic E-state index is -3.69. The van der Waals surface area contributed by atoms with Gasteiger partial charge in [-0.3, -0.25) is 32.8 Å². The smallest absolute Gasteiger partial charge is 0.337 e. The van der Waals surface area contributed by atoms with Crippen LogP contribution in [0.5, 0.6) is 0 Å². The van der Waals surface area contributed by atoms with E-state index in [0.29, 0.717) is 31.0 Å². The monoisotopic (exact) mass is 1080 g/mol. The summed E-state index contributed by atoms with van der Waals surface area (Å²) in [5.41, 5.74) is 3.47. The first-order chi connectivity index (χ1) is 34.1. The van der Waals surface area contributed by atoms with Gasteiger partial charge in [0.25, 0.3) is 0 Å². The van der Waals surface area contributed by atoms with Crippen LogP contribution in [0, 0.1) is 11.6 Å². The molecule has 23 heteroatoms. The van der Waals surface area contributed by atoms with Crippen LogP contribution in [0.4, 0.5) is 20.2 Å². The number of benzene rings is 4. The second-order valence-corrected chi connectivity index (χ2v) is 21.0. The molecule has 2 heterocycles. The lowest BCUT2D eigenvalue weighted by Crippen LogP contribution is -2.47. The van der Waals surface area contributed by atoms with Crippen molar-refractivity contribution in [3.63, 3.8) is 0 Å². The van der Waals surface area contributed by atoms with E-state index in [9.17, 15) is 49.6 Å². The summed E-state index contributed by atoms with van der Waals surface area (Å²) in [5.74, 6) is -3.95. The lowest BCUT2D eigenvalue weighted by molar-refractivity contribution is -0.156. The summed E-state index contributed by atoms with van der Waals surface area (Å²) in [5, 5.41) is 3.32. The van der Waals surface area contributed by atoms with E-state index in [1.165, 1.54) is 67.9 Å². The molecule has 0 spiro atoms. The van der Waals surface area contributed by atoms with E-state index in [1.54, 1.807) is 38.1 Å². The number of ether oxygens (including phenoxy) is 3. The fraction of sp³-hybridized carbons (Fsp3) is 0.420. The summed E-state index contributed by atoms with van der Waals surface area (Å²) >= 11 is 0. The number of anilines is 2. The summed E-state index contributed by atoms with van der Waals surface area (Å²) in [4.78, 5) is 60.7. The zero-order valence-electron chi connectivity index (χ0n) is 42.1. The van der Waals surface area contributed by atoms with E-state index in [1.807, 2.05) is 29.2 Å². The number of hydrogen-bond donors (Lipinski definition) is 1. The maximum Gasteiger partial charge on any atom is 0.337 e. The van der Waals surface area contributed by atoms with Gasteiger partial charge in [0, 0.05) is 97.3 Å². The van der Waals surface area contributed by atoms with Crippen molar-refractivity contribution in [2.24, 2.45) is 0 Å². The molecule has 2 aliphatic rings. The maximum atomic E-state index is 14.7. The fourth-order valence-electron chi connectivity index (χ4n) is 7.51. The Bertz CT molecular complexity index is 2710. The number of amides is 1. The molecule has 400 valence electrons. The Labute approximate surface area is 433 Å². The Hall–Kier alpha value is -6.04. The predicted octanol–water partition coefficient (Wildman–Crippen LogP) is 5.52. The zero-order valence-corrected chi connectivity index (χ0v) is 44.5. The molecule has 0 bridgehead atoms. The van der Waals surface area contributed by atoms with Gasteiger partial charge in [0.2, 0.25) is 26.0 Å². The van der Waals surface area contributed by atoms with Gasteiger partial charge >= 0.3 is 23.9 Å². The molecule has 73 heavy (non-hydrogen) atoms. The molecule has 0 radical (unpaired) electrons. The van der Waals surface area contributed by atoms with Crippen LogP contribution in [0.2, 0.25) is 0 Å². The van der Waals surface area contributed by atoms with Crippen molar-refractivity contribution in [2.45, 2.75) is 60.8 Å². The quantitative estimate of drug-likeness (QED) is 0.0832. The number of nitrogens with zero attached hydrogens (tertiary/aromatic N) is 5. The molecule has 1 amide bonds. The molecule has 4 aromatic carbocycles. The number of halogens is 3. The topological polar surface area (TPSA) is 210 Å². The third-order valence-electron chi connectivity index (χ3n) is 11.6. The molecule has 2 saturated heterocycles. The average Bonchev–Trinajstić information content (AvgIpc) is 3.36. The highest BCUT2D eigenvalue weighted by atomic mass is 35.5. The lowest BCUT2D eigenvalue weighted by Gasteiger charge is -2.34. The number of sulfonamides is 2. The van der Waals surface area contributed by atoms with E-state index in [4.69, 9.17) is 0 Å². The maximum absolute atomic E-state index is 14.7. The Morgan fingerprint density at radius 3 is 1.25 bits per heavy atom.